The third-order valence-corrected chi connectivity index (χ3v) is 0. The van der Waals surface area contributed by atoms with Crippen molar-refractivity contribution in [3.8, 4) is 0 Å². The van der Waals surface area contributed by atoms with E-state index < -0.39 is 51.6 Å². The summed E-state index contributed by atoms with van der Waals surface area (Å²) in [5, 5.41) is 0. The van der Waals surface area contributed by atoms with Crippen molar-refractivity contribution >= 4 is 124 Å². The molecule has 0 saturated heterocycles. The van der Waals surface area contributed by atoms with Gasteiger partial charge in [-0.15, -0.1) is 0 Å². The molecule has 0 aliphatic heterocycles. The van der Waals surface area contributed by atoms with Crippen LogP contribution in [0.5, 0.6) is 0 Å². The van der Waals surface area contributed by atoms with Crippen molar-refractivity contribution < 1.29 is 35.0 Å². The summed E-state index contributed by atoms with van der Waals surface area (Å²) in [6, 6.07) is 0. The van der Waals surface area contributed by atoms with Gasteiger partial charge >= 0.3 is 124 Å². The van der Waals surface area contributed by atoms with Gasteiger partial charge < -0.3 is 0 Å². The topological polar surface area (TPSA) is 149 Å². The Morgan fingerprint density at radius 3 is 0.733 bits per heavy atom. The zero-order valence-corrected chi connectivity index (χ0v) is 11.1. The molecule has 15 heavy (non-hydrogen) atoms. The number of rotatable bonds is 0. The van der Waals surface area contributed by atoms with Gasteiger partial charge in [0, 0.05) is 0 Å². The second-order valence-corrected chi connectivity index (χ2v) is 6.44. The minimum absolute atomic E-state index is 0. The van der Waals surface area contributed by atoms with Crippen LogP contribution in [0.3, 0.4) is 0 Å². The normalized spacial score (nSPS) is 8.40. The molecular weight excluding hydrogens is 349 g/mol. The van der Waals surface area contributed by atoms with Gasteiger partial charge in [0.1, 0.15) is 0 Å². The second kappa shape index (κ2) is 17.6. The predicted octanol–water partition coefficient (Wildman–Crippen LogP) is -1.60. The minimum atomic E-state index is -4.67. The Morgan fingerprint density at radius 2 is 0.733 bits per heavy atom. The van der Waals surface area contributed by atoms with Crippen LogP contribution in [-0.2, 0) is 20.8 Å². The second-order valence-electron chi connectivity index (χ2n) is 0.997. The monoisotopic (exact) mass is 354 g/mol. The Labute approximate surface area is 155 Å². The van der Waals surface area contributed by atoms with E-state index in [1.165, 1.54) is 0 Å². The van der Waals surface area contributed by atoms with Gasteiger partial charge in [0.25, 0.3) is 0 Å². The fourth-order valence-corrected chi connectivity index (χ4v) is 0. The fourth-order valence-electron chi connectivity index (χ4n) is 0. The van der Waals surface area contributed by atoms with Crippen LogP contribution in [-0.4, -0.2) is 125 Å². The van der Waals surface area contributed by atoms with Crippen LogP contribution in [0.1, 0.15) is 0 Å². The summed E-state index contributed by atoms with van der Waals surface area (Å²) in [6.45, 7) is 0. The average molecular weight is 355 g/mol. The van der Waals surface area contributed by atoms with Crippen LogP contribution in [0.15, 0.2) is 0 Å². The fraction of sp³-hybridized carbons (Fsp3) is 0. The molecule has 0 aromatic carbocycles. The summed E-state index contributed by atoms with van der Waals surface area (Å²) in [6.07, 6.45) is 9.90. The Kier molecular flexibility index (Phi) is 36.5. The standard InChI is InChI=1S/Ca.2ClH.2Na.2H2O4S.2H/c;;;;;2*1-5(2,3)4;;/h;2*1H;;;2*(H2,1,2,3,4);;/q+2;;;;;;;;/p-2. The molecule has 0 fully saturated rings. The van der Waals surface area contributed by atoms with E-state index in [1.54, 1.807) is 0 Å². The molecule has 0 aliphatic carbocycles. The van der Waals surface area contributed by atoms with Gasteiger partial charge in [-0.2, -0.15) is 16.8 Å². The molecule has 0 aliphatic rings. The van der Waals surface area contributed by atoms with E-state index in [4.69, 9.17) is 47.8 Å². The van der Waals surface area contributed by atoms with E-state index in [-0.39, 0.29) is 59.1 Å². The van der Waals surface area contributed by atoms with E-state index >= 15 is 0 Å². The quantitative estimate of drug-likeness (QED) is 0.300. The SMILES string of the molecule is O=S(=O)(O)O.O=S(=O)(O)O.[Cl][Ca][Cl].[NaH].[NaH]. The first-order chi connectivity index (χ1) is 5.41. The zero-order valence-electron chi connectivity index (χ0n) is 5.70. The van der Waals surface area contributed by atoms with E-state index in [0.29, 0.717) is 0 Å². The zero-order chi connectivity index (χ0) is 11.7. The van der Waals surface area contributed by atoms with Gasteiger partial charge in [-0.1, -0.05) is 0 Å². The molecular formula is H6CaCl2Na2O8S2. The first-order valence-electron chi connectivity index (χ1n) is 1.93. The van der Waals surface area contributed by atoms with Crippen LogP contribution >= 0.6 is 12.8 Å². The van der Waals surface area contributed by atoms with Gasteiger partial charge in [-0.25, -0.2) is 0 Å². The van der Waals surface area contributed by atoms with Gasteiger partial charge in [0.15, 0.2) is 0 Å². The van der Waals surface area contributed by atoms with Crippen molar-refractivity contribution in [3.05, 3.63) is 0 Å². The van der Waals surface area contributed by atoms with Gasteiger partial charge in [0.2, 0.25) is 0 Å². The molecule has 15 heteroatoms. The molecule has 0 spiro atoms. The summed E-state index contributed by atoms with van der Waals surface area (Å²) in [5.74, 6) is 0. The van der Waals surface area contributed by atoms with Gasteiger partial charge in [-0.3, -0.25) is 18.2 Å². The van der Waals surface area contributed by atoms with Crippen molar-refractivity contribution in [1.29, 1.82) is 0 Å². The van der Waals surface area contributed by atoms with Crippen LogP contribution < -0.4 is 0 Å². The summed E-state index contributed by atoms with van der Waals surface area (Å²) in [4.78, 5) is 0. The number of hydrogen-bond acceptors (Lipinski definition) is 4. The molecule has 0 rings (SSSR count). The van der Waals surface area contributed by atoms with Crippen molar-refractivity contribution in [2.45, 2.75) is 0 Å². The Balaban J connectivity index is -0.0000000322. The van der Waals surface area contributed by atoms with Crippen LogP contribution in [0.4, 0.5) is 0 Å². The van der Waals surface area contributed by atoms with E-state index in [1.807, 2.05) is 0 Å². The van der Waals surface area contributed by atoms with Crippen molar-refractivity contribution in [2.24, 2.45) is 0 Å². The first kappa shape index (κ1) is 31.1. The molecule has 0 radical (unpaired) electrons. The molecule has 0 unspecified atom stereocenters. The van der Waals surface area contributed by atoms with E-state index in [0.717, 1.165) is 0 Å². The van der Waals surface area contributed by atoms with Gasteiger partial charge in [0.05, 0.1) is 0 Å². The Morgan fingerprint density at radius 1 is 0.733 bits per heavy atom. The molecule has 0 amide bonds. The maximum absolute atomic E-state index is 8.74. The Hall–Kier alpha value is 3.58. The molecule has 8 nitrogen and oxygen atoms in total. The van der Waals surface area contributed by atoms with Gasteiger partial charge in [-0.05, 0) is 0 Å². The molecule has 0 aromatic heterocycles. The van der Waals surface area contributed by atoms with Crippen LogP contribution in [0, 0.1) is 0 Å². The van der Waals surface area contributed by atoms with Crippen molar-refractivity contribution in [1.82, 2.24) is 0 Å². The summed E-state index contributed by atoms with van der Waals surface area (Å²) < 4.78 is 63.2. The van der Waals surface area contributed by atoms with E-state index in [2.05, 4.69) is 0 Å². The maximum atomic E-state index is 8.74. The van der Waals surface area contributed by atoms with Crippen LogP contribution in [0.2, 0.25) is 0 Å². The first-order valence-corrected chi connectivity index (χ1v) is 10.8. The number of halogens is 2. The molecule has 84 valence electrons. The Bertz CT molecular complexity index is 238. The average Bonchev–Trinajstić information content (AvgIpc) is 1.52. The molecule has 0 saturated carbocycles. The van der Waals surface area contributed by atoms with Crippen LogP contribution in [0.25, 0.3) is 0 Å². The summed E-state index contributed by atoms with van der Waals surface area (Å²) in [7, 11) is -9.33. The van der Waals surface area contributed by atoms with Crippen molar-refractivity contribution in [3.63, 3.8) is 0 Å². The summed E-state index contributed by atoms with van der Waals surface area (Å²) in [5.41, 5.74) is 0. The molecule has 0 heterocycles. The molecule has 0 aromatic rings. The third-order valence-electron chi connectivity index (χ3n) is 0. The third kappa shape index (κ3) is 333. The molecule has 0 atom stereocenters. The molecule has 4 N–H and O–H groups in total. The van der Waals surface area contributed by atoms with E-state index in [9.17, 15) is 0 Å². The van der Waals surface area contributed by atoms with Crippen molar-refractivity contribution in [2.75, 3.05) is 0 Å². The molecule has 0 bridgehead atoms. The predicted molar refractivity (Wildman–Crippen MR) is 60.1 cm³/mol. The summed E-state index contributed by atoms with van der Waals surface area (Å²) >= 11 is -0.931. The number of hydrogen-bond donors (Lipinski definition) is 4.